The molecular formula is C9H15N3O3. The van der Waals surface area contributed by atoms with E-state index in [9.17, 15) is 10.1 Å². The molecule has 0 aliphatic carbocycles. The van der Waals surface area contributed by atoms with Crippen LogP contribution in [0.25, 0.3) is 0 Å². The highest BCUT2D eigenvalue weighted by Crippen LogP contribution is 2.32. The molecular weight excluding hydrogens is 198 g/mol. The summed E-state index contributed by atoms with van der Waals surface area (Å²) in [5, 5.41) is 14.0. The highest BCUT2D eigenvalue weighted by atomic mass is 16.6. The SMILES string of the molecule is CO[C@@H]1C[C@H](C)C([N+](=O)[O-])=C2NCCN21. The van der Waals surface area contributed by atoms with Crippen LogP contribution >= 0.6 is 0 Å². The number of ether oxygens (including phenoxy) is 1. The van der Waals surface area contributed by atoms with Crippen LogP contribution in [0, 0.1) is 16.0 Å². The lowest BCUT2D eigenvalue weighted by atomic mass is 9.98. The summed E-state index contributed by atoms with van der Waals surface area (Å²) in [6, 6.07) is 0. The van der Waals surface area contributed by atoms with Gasteiger partial charge in [0.1, 0.15) is 6.23 Å². The fourth-order valence-corrected chi connectivity index (χ4v) is 2.30. The molecule has 2 atom stereocenters. The first-order chi connectivity index (χ1) is 7.15. The van der Waals surface area contributed by atoms with E-state index in [0.717, 1.165) is 13.1 Å². The maximum atomic E-state index is 10.9. The Morgan fingerprint density at radius 2 is 2.40 bits per heavy atom. The predicted molar refractivity (Wildman–Crippen MR) is 53.3 cm³/mol. The van der Waals surface area contributed by atoms with E-state index >= 15 is 0 Å². The summed E-state index contributed by atoms with van der Waals surface area (Å²) in [5.41, 5.74) is 0.292. The van der Waals surface area contributed by atoms with E-state index in [0.29, 0.717) is 17.9 Å². The highest BCUT2D eigenvalue weighted by Gasteiger charge is 2.41. The molecule has 1 N–H and O–H groups in total. The number of hydrogen-bond donors (Lipinski definition) is 1. The van der Waals surface area contributed by atoms with Gasteiger partial charge in [-0.3, -0.25) is 10.1 Å². The molecule has 0 bridgehead atoms. The van der Waals surface area contributed by atoms with Gasteiger partial charge in [0.25, 0.3) is 5.70 Å². The van der Waals surface area contributed by atoms with Crippen LogP contribution < -0.4 is 5.32 Å². The first-order valence-corrected chi connectivity index (χ1v) is 5.07. The van der Waals surface area contributed by atoms with Crippen molar-refractivity contribution >= 4 is 0 Å². The van der Waals surface area contributed by atoms with E-state index < -0.39 is 0 Å². The van der Waals surface area contributed by atoms with Crippen molar-refractivity contribution < 1.29 is 9.66 Å². The topological polar surface area (TPSA) is 67.6 Å². The van der Waals surface area contributed by atoms with Crippen LogP contribution in [-0.2, 0) is 4.74 Å². The number of allylic oxidation sites excluding steroid dienone is 1. The first-order valence-electron chi connectivity index (χ1n) is 5.07. The molecule has 15 heavy (non-hydrogen) atoms. The number of rotatable bonds is 2. The Kier molecular flexibility index (Phi) is 2.52. The molecule has 6 heteroatoms. The van der Waals surface area contributed by atoms with Crippen molar-refractivity contribution in [2.75, 3.05) is 20.2 Å². The van der Waals surface area contributed by atoms with E-state index in [1.165, 1.54) is 0 Å². The van der Waals surface area contributed by atoms with Gasteiger partial charge in [0.2, 0.25) is 0 Å². The Morgan fingerprint density at radius 1 is 1.67 bits per heavy atom. The van der Waals surface area contributed by atoms with E-state index in [1.54, 1.807) is 7.11 Å². The van der Waals surface area contributed by atoms with Crippen molar-refractivity contribution in [2.45, 2.75) is 19.6 Å². The number of nitro groups is 1. The quantitative estimate of drug-likeness (QED) is 0.529. The molecule has 2 aliphatic rings. The second kappa shape index (κ2) is 3.69. The molecule has 84 valence electrons. The molecule has 0 saturated carbocycles. The average Bonchev–Trinajstić information content (AvgIpc) is 2.63. The average molecular weight is 213 g/mol. The maximum Gasteiger partial charge on any atom is 0.288 e. The minimum Gasteiger partial charge on any atom is -0.364 e. The number of nitrogens with zero attached hydrogens (tertiary/aromatic N) is 2. The van der Waals surface area contributed by atoms with Gasteiger partial charge in [0.05, 0.1) is 10.8 Å². The normalized spacial score (nSPS) is 30.1. The summed E-state index contributed by atoms with van der Waals surface area (Å²) in [6.45, 7) is 3.39. The van der Waals surface area contributed by atoms with Crippen molar-refractivity contribution in [3.8, 4) is 0 Å². The van der Waals surface area contributed by atoms with E-state index in [2.05, 4.69) is 5.32 Å². The smallest absolute Gasteiger partial charge is 0.288 e. The van der Waals surface area contributed by atoms with Crippen LogP contribution in [0.15, 0.2) is 11.5 Å². The predicted octanol–water partition coefficient (Wildman–Crippen LogP) is 0.350. The third-order valence-corrected chi connectivity index (χ3v) is 3.01. The number of methoxy groups -OCH3 is 1. The van der Waals surface area contributed by atoms with Crippen LogP contribution in [0.1, 0.15) is 13.3 Å². The third-order valence-electron chi connectivity index (χ3n) is 3.01. The maximum absolute atomic E-state index is 10.9. The molecule has 0 aromatic heterocycles. The Hall–Kier alpha value is -1.30. The molecule has 0 radical (unpaired) electrons. The van der Waals surface area contributed by atoms with Gasteiger partial charge in [-0.2, -0.15) is 0 Å². The summed E-state index contributed by atoms with van der Waals surface area (Å²) in [6.07, 6.45) is 0.645. The lowest BCUT2D eigenvalue weighted by Gasteiger charge is -2.34. The van der Waals surface area contributed by atoms with E-state index in [-0.39, 0.29) is 17.1 Å². The van der Waals surface area contributed by atoms with Gasteiger partial charge in [0, 0.05) is 26.6 Å². The lowest BCUT2D eigenvalue weighted by Crippen LogP contribution is -2.42. The largest absolute Gasteiger partial charge is 0.364 e. The van der Waals surface area contributed by atoms with Crippen molar-refractivity contribution in [1.82, 2.24) is 10.2 Å². The highest BCUT2D eigenvalue weighted by molar-refractivity contribution is 5.15. The Bertz CT molecular complexity index is 316. The summed E-state index contributed by atoms with van der Waals surface area (Å²) in [7, 11) is 1.64. The van der Waals surface area contributed by atoms with Crippen LogP contribution in [0.5, 0.6) is 0 Å². The van der Waals surface area contributed by atoms with Crippen molar-refractivity contribution in [1.29, 1.82) is 0 Å². The standard InChI is InChI=1S/C9H15N3O3/c1-6-5-7(15-2)11-4-3-10-9(11)8(6)12(13)14/h6-7,10H,3-5H2,1-2H3/t6-,7+/m0/s1. The monoisotopic (exact) mass is 213 g/mol. The van der Waals surface area contributed by atoms with Gasteiger partial charge in [-0.25, -0.2) is 0 Å². The second-order valence-corrected chi connectivity index (χ2v) is 3.94. The van der Waals surface area contributed by atoms with Crippen molar-refractivity contribution in [3.63, 3.8) is 0 Å². The van der Waals surface area contributed by atoms with Crippen molar-refractivity contribution in [2.24, 2.45) is 5.92 Å². The number of fused-ring (bicyclic) bond motifs is 1. The Morgan fingerprint density at radius 3 is 3.00 bits per heavy atom. The summed E-state index contributed by atoms with van der Waals surface area (Å²) in [5.74, 6) is 0.576. The van der Waals surface area contributed by atoms with E-state index in [1.807, 2.05) is 11.8 Å². The van der Waals surface area contributed by atoms with Crippen LogP contribution in [0.2, 0.25) is 0 Å². The van der Waals surface area contributed by atoms with Crippen LogP contribution in [-0.4, -0.2) is 36.3 Å². The minimum atomic E-state index is -0.281. The molecule has 0 unspecified atom stereocenters. The minimum absolute atomic E-state index is 0.0336. The lowest BCUT2D eigenvalue weighted by molar-refractivity contribution is -0.438. The molecule has 0 amide bonds. The summed E-state index contributed by atoms with van der Waals surface area (Å²) >= 11 is 0. The fourth-order valence-electron chi connectivity index (χ4n) is 2.30. The zero-order valence-corrected chi connectivity index (χ0v) is 8.90. The van der Waals surface area contributed by atoms with Gasteiger partial charge in [-0.15, -0.1) is 0 Å². The molecule has 0 aromatic carbocycles. The molecule has 2 rings (SSSR count). The van der Waals surface area contributed by atoms with Crippen molar-refractivity contribution in [3.05, 3.63) is 21.6 Å². The number of hydrogen-bond acceptors (Lipinski definition) is 5. The molecule has 0 aromatic rings. The Labute approximate surface area is 88.0 Å². The number of nitrogens with one attached hydrogen (secondary N) is 1. The molecule has 0 spiro atoms. The summed E-state index contributed by atoms with van der Waals surface area (Å²) in [4.78, 5) is 12.6. The Balaban J connectivity index is 2.38. The van der Waals surface area contributed by atoms with Gasteiger partial charge >= 0.3 is 0 Å². The molecule has 6 nitrogen and oxygen atoms in total. The zero-order chi connectivity index (χ0) is 11.0. The molecule has 1 fully saturated rings. The van der Waals surface area contributed by atoms with Gasteiger partial charge < -0.3 is 15.0 Å². The molecule has 2 aliphatic heterocycles. The van der Waals surface area contributed by atoms with E-state index in [4.69, 9.17) is 4.74 Å². The van der Waals surface area contributed by atoms with Crippen LogP contribution in [0.4, 0.5) is 0 Å². The second-order valence-electron chi connectivity index (χ2n) is 3.94. The van der Waals surface area contributed by atoms with Gasteiger partial charge in [0.15, 0.2) is 5.82 Å². The fraction of sp³-hybridized carbons (Fsp3) is 0.778. The van der Waals surface area contributed by atoms with Crippen LogP contribution in [0.3, 0.4) is 0 Å². The summed E-state index contributed by atoms with van der Waals surface area (Å²) < 4.78 is 5.33. The molecule has 2 heterocycles. The van der Waals surface area contributed by atoms with Gasteiger partial charge in [-0.1, -0.05) is 6.92 Å². The van der Waals surface area contributed by atoms with Gasteiger partial charge in [-0.05, 0) is 0 Å². The first kappa shape index (κ1) is 10.2. The molecule has 1 saturated heterocycles. The zero-order valence-electron chi connectivity index (χ0n) is 8.90. The third kappa shape index (κ3) is 1.54.